The van der Waals surface area contributed by atoms with Gasteiger partial charge in [0.05, 0.1) is 5.56 Å². The van der Waals surface area contributed by atoms with E-state index in [0.717, 1.165) is 10.4 Å². The van der Waals surface area contributed by atoms with Crippen LogP contribution in [0.3, 0.4) is 0 Å². The molecule has 4 nitrogen and oxygen atoms in total. The fraction of sp³-hybridized carbons (Fsp3) is 0.200. The summed E-state index contributed by atoms with van der Waals surface area (Å²) in [6.07, 6.45) is 0.972. The third-order valence-corrected chi connectivity index (χ3v) is 3.79. The van der Waals surface area contributed by atoms with Crippen molar-refractivity contribution in [1.82, 2.24) is 0 Å². The van der Waals surface area contributed by atoms with Crippen LogP contribution in [0, 0.1) is 6.92 Å². The first kappa shape index (κ1) is 14.3. The molecule has 0 unspecified atom stereocenters. The van der Waals surface area contributed by atoms with Crippen molar-refractivity contribution in [2.75, 3.05) is 5.32 Å². The molecule has 0 saturated heterocycles. The monoisotopic (exact) mass is 289 g/mol. The lowest BCUT2D eigenvalue weighted by molar-refractivity contribution is -0.116. The normalized spacial score (nSPS) is 10.2. The van der Waals surface area contributed by atoms with E-state index in [0.29, 0.717) is 17.8 Å². The molecule has 0 fully saturated rings. The highest BCUT2D eigenvalue weighted by atomic mass is 32.1. The minimum absolute atomic E-state index is 0.153. The van der Waals surface area contributed by atoms with Crippen LogP contribution in [-0.4, -0.2) is 17.0 Å². The number of hydrogen-bond acceptors (Lipinski definition) is 3. The van der Waals surface area contributed by atoms with Crippen LogP contribution in [0.4, 0.5) is 5.00 Å². The molecule has 0 saturated carbocycles. The largest absolute Gasteiger partial charge is 0.478 e. The van der Waals surface area contributed by atoms with Gasteiger partial charge in [-0.05, 0) is 25.0 Å². The Balaban J connectivity index is 1.96. The molecule has 0 aliphatic rings. The van der Waals surface area contributed by atoms with E-state index in [-0.39, 0.29) is 11.5 Å². The molecule has 0 aliphatic heterocycles. The first-order chi connectivity index (χ1) is 9.56. The van der Waals surface area contributed by atoms with Gasteiger partial charge in [-0.25, -0.2) is 4.79 Å². The van der Waals surface area contributed by atoms with Crippen molar-refractivity contribution >= 4 is 28.2 Å². The van der Waals surface area contributed by atoms with E-state index in [1.165, 1.54) is 11.3 Å². The standard InChI is InChI=1S/C15H15NO3S/c1-10-9-12(15(18)19)14(20-10)16-13(17)8-7-11-5-3-2-4-6-11/h2-6,9H,7-8H2,1H3,(H,16,17)(H,18,19). The Morgan fingerprint density at radius 2 is 1.95 bits per heavy atom. The van der Waals surface area contributed by atoms with Crippen LogP contribution in [0.5, 0.6) is 0 Å². The number of amides is 1. The van der Waals surface area contributed by atoms with Gasteiger partial charge in [0.25, 0.3) is 0 Å². The van der Waals surface area contributed by atoms with E-state index in [1.807, 2.05) is 37.3 Å². The number of carboxylic acid groups (broad SMARTS) is 1. The van der Waals surface area contributed by atoms with Crippen molar-refractivity contribution in [1.29, 1.82) is 0 Å². The van der Waals surface area contributed by atoms with Crippen LogP contribution in [0.15, 0.2) is 36.4 Å². The lowest BCUT2D eigenvalue weighted by Gasteiger charge is -2.04. The molecule has 104 valence electrons. The van der Waals surface area contributed by atoms with Crippen molar-refractivity contribution in [2.24, 2.45) is 0 Å². The minimum atomic E-state index is -1.02. The highest BCUT2D eigenvalue weighted by Gasteiger charge is 2.15. The molecule has 1 amide bonds. The summed E-state index contributed by atoms with van der Waals surface area (Å²) in [5.74, 6) is -1.19. The van der Waals surface area contributed by atoms with E-state index in [9.17, 15) is 9.59 Å². The third kappa shape index (κ3) is 3.68. The van der Waals surface area contributed by atoms with Gasteiger partial charge in [-0.1, -0.05) is 30.3 Å². The number of aryl methyl sites for hydroxylation is 2. The number of nitrogens with one attached hydrogen (secondary N) is 1. The summed E-state index contributed by atoms with van der Waals surface area (Å²) >= 11 is 1.28. The molecule has 0 spiro atoms. The van der Waals surface area contributed by atoms with Crippen molar-refractivity contribution in [3.8, 4) is 0 Å². The second-order valence-corrected chi connectivity index (χ2v) is 5.70. The molecule has 1 heterocycles. The average molecular weight is 289 g/mol. The summed E-state index contributed by atoms with van der Waals surface area (Å²) in [7, 11) is 0. The fourth-order valence-electron chi connectivity index (χ4n) is 1.86. The minimum Gasteiger partial charge on any atom is -0.478 e. The molecule has 2 N–H and O–H groups in total. The molecule has 20 heavy (non-hydrogen) atoms. The number of carbonyl (C=O) groups is 2. The lowest BCUT2D eigenvalue weighted by Crippen LogP contribution is -2.13. The van der Waals surface area contributed by atoms with E-state index in [4.69, 9.17) is 5.11 Å². The first-order valence-corrected chi connectivity index (χ1v) is 7.05. The van der Waals surface area contributed by atoms with Gasteiger partial charge in [-0.3, -0.25) is 4.79 Å². The molecule has 0 radical (unpaired) electrons. The van der Waals surface area contributed by atoms with Gasteiger partial charge in [0.15, 0.2) is 0 Å². The summed E-state index contributed by atoms with van der Waals surface area (Å²) in [6, 6.07) is 11.3. The van der Waals surface area contributed by atoms with Gasteiger partial charge < -0.3 is 10.4 Å². The maximum Gasteiger partial charge on any atom is 0.338 e. The Hall–Kier alpha value is -2.14. The van der Waals surface area contributed by atoms with Crippen molar-refractivity contribution in [3.63, 3.8) is 0 Å². The number of rotatable bonds is 5. The zero-order valence-corrected chi connectivity index (χ0v) is 11.9. The number of carbonyl (C=O) groups excluding carboxylic acids is 1. The fourth-order valence-corrected chi connectivity index (χ4v) is 2.78. The van der Waals surface area contributed by atoms with Crippen molar-refractivity contribution in [2.45, 2.75) is 19.8 Å². The third-order valence-electron chi connectivity index (χ3n) is 2.82. The van der Waals surface area contributed by atoms with Crippen LogP contribution in [0.2, 0.25) is 0 Å². The number of hydrogen-bond donors (Lipinski definition) is 2. The smallest absolute Gasteiger partial charge is 0.338 e. The Labute approximate surface area is 121 Å². The molecule has 2 rings (SSSR count). The number of benzene rings is 1. The second-order valence-electron chi connectivity index (χ2n) is 4.44. The van der Waals surface area contributed by atoms with Gasteiger partial charge in [0, 0.05) is 11.3 Å². The van der Waals surface area contributed by atoms with E-state index < -0.39 is 5.97 Å². The predicted octanol–water partition coefficient (Wildman–Crippen LogP) is 3.33. The highest BCUT2D eigenvalue weighted by Crippen LogP contribution is 2.27. The first-order valence-electron chi connectivity index (χ1n) is 6.24. The zero-order chi connectivity index (χ0) is 14.5. The molecule has 1 aromatic carbocycles. The molecule has 1 aromatic heterocycles. The highest BCUT2D eigenvalue weighted by molar-refractivity contribution is 7.16. The second kappa shape index (κ2) is 6.34. The predicted molar refractivity (Wildman–Crippen MR) is 79.4 cm³/mol. The Kier molecular flexibility index (Phi) is 4.53. The van der Waals surface area contributed by atoms with Crippen LogP contribution in [0.25, 0.3) is 0 Å². The summed E-state index contributed by atoms with van der Waals surface area (Å²) in [6.45, 7) is 1.82. The summed E-state index contributed by atoms with van der Waals surface area (Å²) in [4.78, 5) is 23.8. The van der Waals surface area contributed by atoms with Crippen molar-refractivity contribution < 1.29 is 14.7 Å². The number of aromatic carboxylic acids is 1. The van der Waals surface area contributed by atoms with E-state index >= 15 is 0 Å². The summed E-state index contributed by atoms with van der Waals surface area (Å²) < 4.78 is 0. The van der Waals surface area contributed by atoms with Gasteiger partial charge in [0.1, 0.15) is 5.00 Å². The molecule has 2 aromatic rings. The molecule has 5 heteroatoms. The SMILES string of the molecule is Cc1cc(C(=O)O)c(NC(=O)CCc2ccccc2)s1. The van der Waals surface area contributed by atoms with E-state index in [2.05, 4.69) is 5.32 Å². The van der Waals surface area contributed by atoms with Crippen LogP contribution in [-0.2, 0) is 11.2 Å². The van der Waals surface area contributed by atoms with Crippen LogP contribution >= 0.6 is 11.3 Å². The molecule has 0 bridgehead atoms. The van der Waals surface area contributed by atoms with Crippen LogP contribution in [0.1, 0.15) is 27.2 Å². The Morgan fingerprint density at radius 1 is 1.25 bits per heavy atom. The van der Waals surface area contributed by atoms with Gasteiger partial charge >= 0.3 is 5.97 Å². The maximum absolute atomic E-state index is 11.9. The Bertz CT molecular complexity index is 619. The lowest BCUT2D eigenvalue weighted by atomic mass is 10.1. The van der Waals surface area contributed by atoms with Crippen LogP contribution < -0.4 is 5.32 Å². The van der Waals surface area contributed by atoms with Gasteiger partial charge in [-0.15, -0.1) is 11.3 Å². The Morgan fingerprint density at radius 3 is 2.60 bits per heavy atom. The molecule has 0 atom stereocenters. The molecule has 0 aliphatic carbocycles. The number of thiophene rings is 1. The van der Waals surface area contributed by atoms with Gasteiger partial charge in [0.2, 0.25) is 5.91 Å². The molecular weight excluding hydrogens is 274 g/mol. The summed E-state index contributed by atoms with van der Waals surface area (Å²) in [5, 5.41) is 12.1. The zero-order valence-electron chi connectivity index (χ0n) is 11.1. The average Bonchev–Trinajstić information content (AvgIpc) is 2.79. The van der Waals surface area contributed by atoms with Crippen molar-refractivity contribution in [3.05, 3.63) is 52.4 Å². The summed E-state index contributed by atoms with van der Waals surface area (Å²) in [5.41, 5.74) is 1.24. The van der Waals surface area contributed by atoms with E-state index in [1.54, 1.807) is 6.07 Å². The quantitative estimate of drug-likeness (QED) is 0.887. The number of carboxylic acids is 1. The number of anilines is 1. The topological polar surface area (TPSA) is 66.4 Å². The van der Waals surface area contributed by atoms with Gasteiger partial charge in [-0.2, -0.15) is 0 Å². The maximum atomic E-state index is 11.9. The molecular formula is C15H15NO3S.